The van der Waals surface area contributed by atoms with Gasteiger partial charge in [0, 0.05) is 19.4 Å². The number of carbonyl (C=O) groups is 1. The molecule has 78 valence electrons. The minimum absolute atomic E-state index is 0.104. The van der Waals surface area contributed by atoms with Crippen LogP contribution in [0.5, 0.6) is 0 Å². The van der Waals surface area contributed by atoms with Crippen LogP contribution in [-0.2, 0) is 0 Å². The minimum atomic E-state index is -1.31. The van der Waals surface area contributed by atoms with Crippen LogP contribution in [0.2, 0.25) is 0 Å². The number of nitrogens with one attached hydrogen (secondary N) is 1. The third-order valence-corrected chi connectivity index (χ3v) is 1.15. The molecule has 0 saturated carbocycles. The molecule has 1 aromatic rings. The van der Waals surface area contributed by atoms with Gasteiger partial charge in [-0.15, -0.1) is 0 Å². The molecule has 0 bridgehead atoms. The maximum atomic E-state index is 10.9. The molecule has 1 rings (SSSR count). The summed E-state index contributed by atoms with van der Waals surface area (Å²) in [6.07, 6.45) is 3.16. The lowest BCUT2D eigenvalue weighted by molar-refractivity contribution is -0.0369. The first-order valence-corrected chi connectivity index (χ1v) is 3.90. The van der Waals surface area contributed by atoms with E-state index in [-0.39, 0.29) is 5.91 Å². The summed E-state index contributed by atoms with van der Waals surface area (Å²) < 4.78 is 18.8. The van der Waals surface area contributed by atoms with Crippen LogP contribution < -0.4 is 5.32 Å². The lowest BCUT2D eigenvalue weighted by Gasteiger charge is -1.95. The minimum Gasteiger partial charge on any atom is -0.355 e. The topological polar surface area (TPSA) is 45.2 Å². The Kier molecular flexibility index (Phi) is 6.59. The number of hydrogen-bond donors (Lipinski definition) is 2. The summed E-state index contributed by atoms with van der Waals surface area (Å²) in [6, 6.07) is 3.44. The highest BCUT2D eigenvalue weighted by molar-refractivity contribution is 7.77. The summed E-state index contributed by atoms with van der Waals surface area (Å²) in [5, 5.41) is 2.50. The van der Waals surface area contributed by atoms with Gasteiger partial charge in [0.2, 0.25) is 0 Å². The first-order chi connectivity index (χ1) is 6.57. The van der Waals surface area contributed by atoms with Gasteiger partial charge in [-0.05, 0) is 24.9 Å². The quantitative estimate of drug-likeness (QED) is 0.555. The maximum absolute atomic E-state index is 10.9. The lowest BCUT2D eigenvalue weighted by atomic mass is 10.3. The highest BCUT2D eigenvalue weighted by atomic mass is 32.1. The number of thiol groups is 1. The van der Waals surface area contributed by atoms with Crippen molar-refractivity contribution in [1.82, 2.24) is 15.1 Å². The van der Waals surface area contributed by atoms with Crippen LogP contribution in [0.4, 0.5) is 8.96 Å². The molecule has 0 aromatic carbocycles. The van der Waals surface area contributed by atoms with E-state index < -0.39 is 4.75 Å². The summed E-state index contributed by atoms with van der Waals surface area (Å²) in [5.41, 5.74) is 0.588. The molecule has 1 amide bonds. The number of rotatable bonds is 1. The van der Waals surface area contributed by atoms with E-state index in [0.29, 0.717) is 5.56 Å². The van der Waals surface area contributed by atoms with Gasteiger partial charge < -0.3 is 5.32 Å². The first kappa shape index (κ1) is 12.8. The van der Waals surface area contributed by atoms with E-state index in [1.54, 1.807) is 25.4 Å². The molecule has 0 aliphatic rings. The molecule has 14 heavy (non-hydrogen) atoms. The van der Waals surface area contributed by atoms with Crippen molar-refractivity contribution in [3.8, 4) is 0 Å². The maximum Gasteiger partial charge on any atom is 0.252 e. The van der Waals surface area contributed by atoms with Crippen LogP contribution in [0, 0.1) is 0 Å². The van der Waals surface area contributed by atoms with Gasteiger partial charge >= 0.3 is 0 Å². The molecule has 0 unspecified atom stereocenters. The number of pyridine rings is 1. The smallest absolute Gasteiger partial charge is 0.252 e. The van der Waals surface area contributed by atoms with Gasteiger partial charge in [0.05, 0.1) is 10.3 Å². The van der Waals surface area contributed by atoms with Crippen LogP contribution in [0.25, 0.3) is 0 Å². The highest BCUT2D eigenvalue weighted by Gasteiger charge is 1.98. The zero-order valence-electron chi connectivity index (χ0n) is 7.32. The Hall–Kier alpha value is -1.21. The zero-order valence-corrected chi connectivity index (χ0v) is 8.21. The molecule has 0 fully saturated rings. The van der Waals surface area contributed by atoms with Gasteiger partial charge in [-0.25, -0.2) is 0 Å². The first-order valence-electron chi connectivity index (χ1n) is 3.50. The molecule has 4 nitrogen and oxygen atoms in total. The normalized spacial score (nSPS) is 8.93. The molecule has 1 heterocycles. The summed E-state index contributed by atoms with van der Waals surface area (Å²) >= 11 is 2.47. The fourth-order valence-corrected chi connectivity index (χ4v) is 0.641. The van der Waals surface area contributed by atoms with Crippen molar-refractivity contribution < 1.29 is 13.8 Å². The predicted molar refractivity (Wildman–Crippen MR) is 50.7 cm³/mol. The molecular weight excluding hydrogens is 212 g/mol. The summed E-state index contributed by atoms with van der Waals surface area (Å²) in [4.78, 5) is 14.7. The number of halogens is 2. The molecule has 7 heteroatoms. The van der Waals surface area contributed by atoms with E-state index in [0.717, 1.165) is 0 Å². The summed E-state index contributed by atoms with van der Waals surface area (Å²) in [5.74, 6) is -0.104. The molecule has 0 atom stereocenters. The van der Waals surface area contributed by atoms with Gasteiger partial charge in [-0.2, -0.15) is 0 Å². The summed E-state index contributed by atoms with van der Waals surface area (Å²) in [6.45, 7) is 0. The molecule has 0 aliphatic heterocycles. The van der Waals surface area contributed by atoms with Gasteiger partial charge in [0.25, 0.3) is 5.91 Å². The standard InChI is InChI=1S/C7H8N2O.F2HNS/c1-8-7(10)6-3-2-4-9-5-6;1-3(2)4/h2-5H,1H3,(H,8,10);4H. The second-order valence-corrected chi connectivity index (χ2v) is 2.34. The van der Waals surface area contributed by atoms with Crippen LogP contribution in [0.3, 0.4) is 0 Å². The molecule has 0 radical (unpaired) electrons. The van der Waals surface area contributed by atoms with E-state index in [2.05, 4.69) is 23.1 Å². The van der Waals surface area contributed by atoms with Gasteiger partial charge in [-0.1, -0.05) is 8.96 Å². The number of nitrogens with zero attached hydrogens (tertiary/aromatic N) is 2. The van der Waals surface area contributed by atoms with Crippen LogP contribution in [0.15, 0.2) is 24.5 Å². The fourth-order valence-electron chi connectivity index (χ4n) is 0.641. The average molecular weight is 221 g/mol. The summed E-state index contributed by atoms with van der Waals surface area (Å²) in [7, 11) is 1.59. The van der Waals surface area contributed by atoms with Crippen molar-refractivity contribution in [3.63, 3.8) is 0 Å². The molecule has 0 aliphatic carbocycles. The third kappa shape index (κ3) is 6.32. The van der Waals surface area contributed by atoms with Gasteiger partial charge in [-0.3, -0.25) is 9.78 Å². The number of carbonyl (C=O) groups excluding carboxylic acids is 1. The fraction of sp³-hybridized carbons (Fsp3) is 0.143. The Morgan fingerprint density at radius 2 is 2.21 bits per heavy atom. The van der Waals surface area contributed by atoms with E-state index >= 15 is 0 Å². The number of hydrogen-bond acceptors (Lipinski definition) is 4. The van der Waals surface area contributed by atoms with E-state index in [4.69, 9.17) is 0 Å². The molecule has 1 aromatic heterocycles. The second-order valence-electron chi connectivity index (χ2n) is 2.04. The number of amides is 1. The molecule has 0 spiro atoms. The van der Waals surface area contributed by atoms with Gasteiger partial charge in [0.1, 0.15) is 0 Å². The van der Waals surface area contributed by atoms with Crippen LogP contribution >= 0.6 is 12.8 Å². The Labute approximate surface area is 85.4 Å². The van der Waals surface area contributed by atoms with Crippen molar-refractivity contribution in [2.45, 2.75) is 0 Å². The molecule has 1 N–H and O–H groups in total. The Morgan fingerprint density at radius 3 is 2.57 bits per heavy atom. The Morgan fingerprint density at radius 1 is 1.64 bits per heavy atom. The van der Waals surface area contributed by atoms with E-state index in [1.807, 2.05) is 0 Å². The Balaban J connectivity index is 0.000000364. The van der Waals surface area contributed by atoms with Crippen molar-refractivity contribution in [1.29, 1.82) is 0 Å². The molecule has 0 saturated heterocycles. The SMILES string of the molecule is CNC(=O)c1cccnc1.FN(F)S. The lowest BCUT2D eigenvalue weighted by Crippen LogP contribution is -2.17. The van der Waals surface area contributed by atoms with Crippen molar-refractivity contribution in [2.24, 2.45) is 0 Å². The van der Waals surface area contributed by atoms with E-state index in [1.165, 1.54) is 6.20 Å². The van der Waals surface area contributed by atoms with Crippen molar-refractivity contribution in [2.75, 3.05) is 7.05 Å². The zero-order chi connectivity index (χ0) is 11.0. The third-order valence-electron chi connectivity index (χ3n) is 1.15. The Bertz CT molecular complexity index is 268. The van der Waals surface area contributed by atoms with Crippen LogP contribution in [-0.4, -0.2) is 22.7 Å². The van der Waals surface area contributed by atoms with E-state index in [9.17, 15) is 13.8 Å². The number of aromatic nitrogens is 1. The largest absolute Gasteiger partial charge is 0.355 e. The monoisotopic (exact) mass is 221 g/mol. The van der Waals surface area contributed by atoms with Crippen LogP contribution in [0.1, 0.15) is 10.4 Å². The highest BCUT2D eigenvalue weighted by Crippen LogP contribution is 1.93. The molecular formula is C7H9F2N3OS. The second kappa shape index (κ2) is 7.22. The predicted octanol–water partition coefficient (Wildman–Crippen LogP) is 1.34. The van der Waals surface area contributed by atoms with Crippen molar-refractivity contribution in [3.05, 3.63) is 30.1 Å². The average Bonchev–Trinajstić information content (AvgIpc) is 2.17. The van der Waals surface area contributed by atoms with Gasteiger partial charge in [0.15, 0.2) is 0 Å². The van der Waals surface area contributed by atoms with Crippen molar-refractivity contribution >= 4 is 18.7 Å².